The Hall–Kier alpha value is -3.54. The molecule has 2 aromatic carbocycles. The summed E-state index contributed by atoms with van der Waals surface area (Å²) in [6, 6.07) is 15.5. The van der Waals surface area contributed by atoms with Crippen molar-refractivity contribution in [3.8, 4) is 11.5 Å². The second-order valence-corrected chi connectivity index (χ2v) is 7.12. The largest absolute Gasteiger partial charge is 0.493 e. The van der Waals surface area contributed by atoms with Crippen molar-refractivity contribution >= 4 is 11.7 Å². The van der Waals surface area contributed by atoms with Crippen molar-refractivity contribution in [3.05, 3.63) is 82.2 Å². The summed E-state index contributed by atoms with van der Waals surface area (Å²) in [6.45, 7) is 5.83. The monoisotopic (exact) mass is 406 g/mol. The molecule has 0 radical (unpaired) electrons. The number of aromatic amines is 1. The predicted molar refractivity (Wildman–Crippen MR) is 115 cm³/mol. The second kappa shape index (κ2) is 9.31. The van der Waals surface area contributed by atoms with Gasteiger partial charge in [-0.25, -0.2) is 0 Å². The van der Waals surface area contributed by atoms with E-state index < -0.39 is 0 Å². The molecule has 30 heavy (non-hydrogen) atoms. The van der Waals surface area contributed by atoms with Crippen LogP contribution < -0.4 is 14.8 Å². The number of carbonyl (C=O) groups is 2. The van der Waals surface area contributed by atoms with Crippen molar-refractivity contribution < 1.29 is 19.1 Å². The molecule has 0 fully saturated rings. The zero-order valence-corrected chi connectivity index (χ0v) is 17.7. The van der Waals surface area contributed by atoms with Crippen molar-refractivity contribution in [1.29, 1.82) is 0 Å². The predicted octanol–water partition coefficient (Wildman–Crippen LogP) is 4.35. The van der Waals surface area contributed by atoms with Gasteiger partial charge in [0.1, 0.15) is 12.3 Å². The summed E-state index contributed by atoms with van der Waals surface area (Å²) >= 11 is 0. The van der Waals surface area contributed by atoms with Gasteiger partial charge in [0.25, 0.3) is 5.91 Å². The minimum atomic E-state index is -0.258. The molecule has 0 saturated heterocycles. The zero-order valence-electron chi connectivity index (χ0n) is 17.7. The Morgan fingerprint density at radius 1 is 1.00 bits per heavy atom. The fraction of sp³-hybridized carbons (Fsp3) is 0.250. The van der Waals surface area contributed by atoms with Crippen LogP contribution in [0.15, 0.2) is 48.5 Å². The lowest BCUT2D eigenvalue weighted by Gasteiger charge is -2.13. The Balaban J connectivity index is 1.66. The van der Waals surface area contributed by atoms with Crippen LogP contribution in [-0.2, 0) is 13.2 Å². The molecule has 0 bridgehead atoms. The van der Waals surface area contributed by atoms with Gasteiger partial charge in [0.15, 0.2) is 17.3 Å². The summed E-state index contributed by atoms with van der Waals surface area (Å²) in [5.74, 6) is 0.921. The highest BCUT2D eigenvalue weighted by molar-refractivity contribution is 6.02. The van der Waals surface area contributed by atoms with E-state index in [4.69, 9.17) is 9.47 Å². The highest BCUT2D eigenvalue weighted by Gasteiger charge is 2.19. The van der Waals surface area contributed by atoms with Gasteiger partial charge in [-0.15, -0.1) is 0 Å². The van der Waals surface area contributed by atoms with Crippen LogP contribution in [0.5, 0.6) is 11.5 Å². The number of ether oxygens (including phenoxy) is 2. The minimum Gasteiger partial charge on any atom is -0.493 e. The number of methoxy groups -OCH3 is 1. The first-order valence-electron chi connectivity index (χ1n) is 9.72. The number of aromatic nitrogens is 1. The van der Waals surface area contributed by atoms with Gasteiger partial charge in [0, 0.05) is 17.8 Å². The molecule has 0 unspecified atom stereocenters. The van der Waals surface area contributed by atoms with E-state index in [1.807, 2.05) is 48.5 Å². The number of aryl methyl sites for hydroxylation is 1. The average Bonchev–Trinajstić information content (AvgIpc) is 3.05. The fourth-order valence-electron chi connectivity index (χ4n) is 3.45. The second-order valence-electron chi connectivity index (χ2n) is 7.12. The molecule has 6 heteroatoms. The van der Waals surface area contributed by atoms with Crippen LogP contribution >= 0.6 is 0 Å². The summed E-state index contributed by atoms with van der Waals surface area (Å²) < 4.78 is 11.3. The highest BCUT2D eigenvalue weighted by Crippen LogP contribution is 2.29. The van der Waals surface area contributed by atoms with Gasteiger partial charge in [-0.3, -0.25) is 9.59 Å². The average molecular weight is 406 g/mol. The quantitative estimate of drug-likeness (QED) is 0.545. The Kier molecular flexibility index (Phi) is 6.57. The highest BCUT2D eigenvalue weighted by atomic mass is 16.5. The summed E-state index contributed by atoms with van der Waals surface area (Å²) in [5.41, 5.74) is 4.29. The smallest absolute Gasteiger partial charge is 0.268 e. The number of hydrogen-bond donors (Lipinski definition) is 2. The van der Waals surface area contributed by atoms with E-state index in [1.165, 1.54) is 6.92 Å². The first-order valence-corrected chi connectivity index (χ1v) is 9.72. The Bertz CT molecular complexity index is 1050. The number of carbonyl (C=O) groups excluding carboxylic acids is 2. The molecule has 3 rings (SSSR count). The molecule has 0 aliphatic heterocycles. The van der Waals surface area contributed by atoms with E-state index in [0.717, 1.165) is 11.1 Å². The SMILES string of the molecule is COc1cc(CNC(=O)c2[nH]c(C)c(C(C)=O)c2C)ccc1OCc1ccccc1. The number of H-pyrrole nitrogens is 1. The molecule has 1 amide bonds. The first kappa shape index (κ1) is 21.2. The van der Waals surface area contributed by atoms with E-state index in [0.29, 0.717) is 47.2 Å². The number of rotatable bonds is 8. The Morgan fingerprint density at radius 2 is 1.73 bits per heavy atom. The molecule has 0 aliphatic rings. The van der Waals surface area contributed by atoms with Crippen LogP contribution in [0.1, 0.15) is 50.2 Å². The van der Waals surface area contributed by atoms with Crippen LogP contribution in [0.4, 0.5) is 0 Å². The third-order valence-corrected chi connectivity index (χ3v) is 4.93. The van der Waals surface area contributed by atoms with Crippen LogP contribution in [0, 0.1) is 13.8 Å². The molecular formula is C24H26N2O4. The molecular weight excluding hydrogens is 380 g/mol. The number of hydrogen-bond acceptors (Lipinski definition) is 4. The van der Waals surface area contributed by atoms with E-state index in [1.54, 1.807) is 21.0 Å². The summed E-state index contributed by atoms with van der Waals surface area (Å²) in [5, 5.41) is 2.89. The number of ketones is 1. The molecule has 0 aliphatic carbocycles. The van der Waals surface area contributed by atoms with Gasteiger partial charge >= 0.3 is 0 Å². The van der Waals surface area contributed by atoms with Gasteiger partial charge in [0.2, 0.25) is 0 Å². The molecule has 1 heterocycles. The molecule has 1 aromatic heterocycles. The van der Waals surface area contributed by atoms with Gasteiger partial charge in [-0.1, -0.05) is 36.4 Å². The van der Waals surface area contributed by atoms with E-state index >= 15 is 0 Å². The van der Waals surface area contributed by atoms with Crippen LogP contribution in [0.3, 0.4) is 0 Å². The normalized spacial score (nSPS) is 10.5. The number of nitrogens with one attached hydrogen (secondary N) is 2. The lowest BCUT2D eigenvalue weighted by molar-refractivity contribution is 0.0945. The van der Waals surface area contributed by atoms with Crippen molar-refractivity contribution in [2.24, 2.45) is 0 Å². The summed E-state index contributed by atoms with van der Waals surface area (Å²) in [6.07, 6.45) is 0. The Morgan fingerprint density at radius 3 is 2.37 bits per heavy atom. The molecule has 6 nitrogen and oxygen atoms in total. The maximum atomic E-state index is 12.6. The van der Waals surface area contributed by atoms with Crippen molar-refractivity contribution in [2.45, 2.75) is 33.9 Å². The van der Waals surface area contributed by atoms with Gasteiger partial charge in [0.05, 0.1) is 7.11 Å². The van der Waals surface area contributed by atoms with Crippen molar-refractivity contribution in [2.75, 3.05) is 7.11 Å². The lowest BCUT2D eigenvalue weighted by Crippen LogP contribution is -2.24. The van der Waals surface area contributed by atoms with Crippen LogP contribution in [0.2, 0.25) is 0 Å². The third-order valence-electron chi connectivity index (χ3n) is 4.93. The van der Waals surface area contributed by atoms with E-state index in [2.05, 4.69) is 10.3 Å². The molecule has 0 atom stereocenters. The van der Waals surface area contributed by atoms with Gasteiger partial charge < -0.3 is 19.8 Å². The topological polar surface area (TPSA) is 80.4 Å². The zero-order chi connectivity index (χ0) is 21.7. The van der Waals surface area contributed by atoms with Gasteiger partial charge in [-0.2, -0.15) is 0 Å². The Labute approximate surface area is 176 Å². The standard InChI is InChI=1S/C24H26N2O4/c1-15-22(17(3)27)16(2)26-23(15)24(28)25-13-19-10-11-20(21(12-19)29-4)30-14-18-8-6-5-7-9-18/h5-12,26H,13-14H2,1-4H3,(H,25,28). The molecule has 0 saturated carbocycles. The molecule has 0 spiro atoms. The van der Waals surface area contributed by atoms with Gasteiger partial charge in [-0.05, 0) is 49.6 Å². The summed E-state index contributed by atoms with van der Waals surface area (Å²) in [4.78, 5) is 27.4. The first-order chi connectivity index (χ1) is 14.4. The molecule has 3 aromatic rings. The van der Waals surface area contributed by atoms with Crippen LogP contribution in [0.25, 0.3) is 0 Å². The number of Topliss-reactive ketones (excluding diaryl/α,β-unsaturated/α-hetero) is 1. The summed E-state index contributed by atoms with van der Waals surface area (Å²) in [7, 11) is 1.58. The fourth-order valence-corrected chi connectivity index (χ4v) is 3.45. The maximum absolute atomic E-state index is 12.6. The number of amides is 1. The third kappa shape index (κ3) is 4.71. The van der Waals surface area contributed by atoms with Crippen molar-refractivity contribution in [1.82, 2.24) is 10.3 Å². The van der Waals surface area contributed by atoms with E-state index in [9.17, 15) is 9.59 Å². The van der Waals surface area contributed by atoms with Crippen molar-refractivity contribution in [3.63, 3.8) is 0 Å². The molecule has 156 valence electrons. The molecule has 2 N–H and O–H groups in total. The minimum absolute atomic E-state index is 0.0591. The van der Waals surface area contributed by atoms with Crippen LogP contribution in [-0.4, -0.2) is 23.8 Å². The maximum Gasteiger partial charge on any atom is 0.268 e. The number of benzene rings is 2. The van der Waals surface area contributed by atoms with E-state index in [-0.39, 0.29) is 11.7 Å². The lowest BCUT2D eigenvalue weighted by atomic mass is 10.1.